The van der Waals surface area contributed by atoms with Gasteiger partial charge >= 0.3 is 0 Å². The molecule has 88 valence electrons. The quantitative estimate of drug-likeness (QED) is 0.804. The number of phenolic OH excluding ortho intramolecular Hbond substituents is 1. The van der Waals surface area contributed by atoms with Crippen molar-refractivity contribution in [3.05, 3.63) is 17.7 Å². The van der Waals surface area contributed by atoms with Crippen LogP contribution in [-0.2, 0) is 6.42 Å². The number of benzene rings is 1. The lowest BCUT2D eigenvalue weighted by Gasteiger charge is -2.27. The average molecular weight is 223 g/mol. The van der Waals surface area contributed by atoms with E-state index in [2.05, 4.69) is 5.32 Å². The van der Waals surface area contributed by atoms with E-state index in [0.29, 0.717) is 17.4 Å². The Hall–Kier alpha value is -1.42. The van der Waals surface area contributed by atoms with E-state index in [4.69, 9.17) is 9.47 Å². The number of phenols is 1. The first-order valence-corrected chi connectivity index (χ1v) is 5.39. The zero-order chi connectivity index (χ0) is 11.5. The highest BCUT2D eigenvalue weighted by Crippen LogP contribution is 2.37. The Morgan fingerprint density at radius 3 is 2.19 bits per heavy atom. The van der Waals surface area contributed by atoms with E-state index >= 15 is 0 Å². The Balaban J connectivity index is 2.23. The van der Waals surface area contributed by atoms with Crippen molar-refractivity contribution in [2.75, 3.05) is 27.3 Å². The molecule has 1 saturated heterocycles. The molecule has 2 N–H and O–H groups in total. The fourth-order valence-electron chi connectivity index (χ4n) is 1.89. The Labute approximate surface area is 95.2 Å². The summed E-state index contributed by atoms with van der Waals surface area (Å²) in [6, 6.07) is 3.74. The summed E-state index contributed by atoms with van der Waals surface area (Å²) in [4.78, 5) is 0. The van der Waals surface area contributed by atoms with E-state index in [0.717, 1.165) is 25.1 Å². The summed E-state index contributed by atoms with van der Waals surface area (Å²) < 4.78 is 10.2. The summed E-state index contributed by atoms with van der Waals surface area (Å²) in [7, 11) is 3.09. The van der Waals surface area contributed by atoms with Gasteiger partial charge in [0, 0.05) is 0 Å². The average Bonchev–Trinajstić information content (AvgIpc) is 2.25. The van der Waals surface area contributed by atoms with Crippen molar-refractivity contribution in [1.29, 1.82) is 0 Å². The zero-order valence-electron chi connectivity index (χ0n) is 9.62. The van der Waals surface area contributed by atoms with Gasteiger partial charge in [0.2, 0.25) is 5.75 Å². The molecule has 1 aliphatic rings. The molecule has 1 heterocycles. The third-order valence-electron chi connectivity index (χ3n) is 2.93. The number of nitrogens with one attached hydrogen (secondary N) is 1. The summed E-state index contributed by atoms with van der Waals surface area (Å²) in [6.07, 6.45) is 0.986. The molecular weight excluding hydrogens is 206 g/mol. The molecule has 1 fully saturated rings. The molecule has 4 heteroatoms. The topological polar surface area (TPSA) is 50.7 Å². The normalized spacial score (nSPS) is 15.6. The Morgan fingerprint density at radius 2 is 1.81 bits per heavy atom. The van der Waals surface area contributed by atoms with Crippen molar-refractivity contribution in [2.24, 2.45) is 5.92 Å². The van der Waals surface area contributed by atoms with Crippen molar-refractivity contribution in [3.8, 4) is 17.2 Å². The molecule has 0 saturated carbocycles. The lowest BCUT2D eigenvalue weighted by molar-refractivity contribution is 0.331. The van der Waals surface area contributed by atoms with Gasteiger partial charge in [-0.3, -0.25) is 0 Å². The van der Waals surface area contributed by atoms with Gasteiger partial charge in [-0.05, 0) is 43.1 Å². The van der Waals surface area contributed by atoms with Crippen molar-refractivity contribution < 1.29 is 14.6 Å². The summed E-state index contributed by atoms with van der Waals surface area (Å²) in [5.41, 5.74) is 1.14. The first kappa shape index (κ1) is 11.1. The molecule has 0 aliphatic carbocycles. The molecule has 0 amide bonds. The molecule has 2 rings (SSSR count). The van der Waals surface area contributed by atoms with Crippen LogP contribution in [0.2, 0.25) is 0 Å². The largest absolute Gasteiger partial charge is 0.502 e. The van der Waals surface area contributed by atoms with E-state index < -0.39 is 0 Å². The van der Waals surface area contributed by atoms with E-state index in [9.17, 15) is 5.11 Å². The van der Waals surface area contributed by atoms with Crippen LogP contribution in [0.5, 0.6) is 17.2 Å². The summed E-state index contributed by atoms with van der Waals surface area (Å²) >= 11 is 0. The Kier molecular flexibility index (Phi) is 3.19. The molecule has 0 spiro atoms. The maximum absolute atomic E-state index is 9.76. The van der Waals surface area contributed by atoms with Gasteiger partial charge in [0.25, 0.3) is 0 Å². The lowest BCUT2D eigenvalue weighted by Crippen LogP contribution is -2.43. The number of aromatic hydroxyl groups is 1. The van der Waals surface area contributed by atoms with Crippen LogP contribution < -0.4 is 14.8 Å². The second kappa shape index (κ2) is 4.61. The second-order valence-electron chi connectivity index (χ2n) is 4.08. The van der Waals surface area contributed by atoms with Crippen LogP contribution in [0.1, 0.15) is 5.56 Å². The van der Waals surface area contributed by atoms with Crippen molar-refractivity contribution in [1.82, 2.24) is 5.32 Å². The van der Waals surface area contributed by atoms with Gasteiger partial charge in [-0.25, -0.2) is 0 Å². The van der Waals surface area contributed by atoms with Crippen LogP contribution in [0.15, 0.2) is 12.1 Å². The molecule has 1 aromatic rings. The minimum atomic E-state index is 0.0699. The zero-order valence-corrected chi connectivity index (χ0v) is 9.62. The molecule has 4 nitrogen and oxygen atoms in total. The van der Waals surface area contributed by atoms with Crippen LogP contribution >= 0.6 is 0 Å². The Bertz CT molecular complexity index is 350. The van der Waals surface area contributed by atoms with Crippen LogP contribution in [0.4, 0.5) is 0 Å². The molecule has 1 aliphatic heterocycles. The smallest absolute Gasteiger partial charge is 0.200 e. The van der Waals surface area contributed by atoms with E-state index in [-0.39, 0.29) is 5.75 Å². The van der Waals surface area contributed by atoms with Gasteiger partial charge in [0.15, 0.2) is 11.5 Å². The molecule has 1 aromatic carbocycles. The van der Waals surface area contributed by atoms with Crippen LogP contribution in [0.3, 0.4) is 0 Å². The summed E-state index contributed by atoms with van der Waals surface area (Å²) in [5, 5.41) is 13.0. The summed E-state index contributed by atoms with van der Waals surface area (Å²) in [5.74, 6) is 1.70. The van der Waals surface area contributed by atoms with Gasteiger partial charge in [-0.1, -0.05) is 0 Å². The minimum Gasteiger partial charge on any atom is -0.502 e. The number of rotatable bonds is 4. The Morgan fingerprint density at radius 1 is 1.25 bits per heavy atom. The molecule has 16 heavy (non-hydrogen) atoms. The maximum Gasteiger partial charge on any atom is 0.200 e. The SMILES string of the molecule is COc1cc(CC2CNC2)cc(OC)c1O. The third kappa shape index (κ3) is 2.07. The monoisotopic (exact) mass is 223 g/mol. The van der Waals surface area contributed by atoms with Gasteiger partial charge in [0.1, 0.15) is 0 Å². The number of ether oxygens (including phenoxy) is 2. The highest BCUT2D eigenvalue weighted by atomic mass is 16.5. The first-order valence-electron chi connectivity index (χ1n) is 5.39. The number of hydrogen-bond acceptors (Lipinski definition) is 4. The molecule has 0 bridgehead atoms. The van der Waals surface area contributed by atoms with E-state index in [1.165, 1.54) is 0 Å². The predicted molar refractivity (Wildman–Crippen MR) is 61.3 cm³/mol. The van der Waals surface area contributed by atoms with Crippen LogP contribution in [-0.4, -0.2) is 32.4 Å². The van der Waals surface area contributed by atoms with Crippen molar-refractivity contribution in [3.63, 3.8) is 0 Å². The predicted octanol–water partition coefficient (Wildman–Crippen LogP) is 1.17. The molecule has 0 radical (unpaired) electrons. The van der Waals surface area contributed by atoms with Crippen LogP contribution in [0.25, 0.3) is 0 Å². The lowest BCUT2D eigenvalue weighted by atomic mass is 9.94. The molecule has 0 aromatic heterocycles. The van der Waals surface area contributed by atoms with E-state index in [1.54, 1.807) is 14.2 Å². The van der Waals surface area contributed by atoms with Crippen molar-refractivity contribution in [2.45, 2.75) is 6.42 Å². The first-order chi connectivity index (χ1) is 7.74. The number of hydrogen-bond donors (Lipinski definition) is 2. The van der Waals surface area contributed by atoms with E-state index in [1.807, 2.05) is 12.1 Å². The fourth-order valence-corrected chi connectivity index (χ4v) is 1.89. The standard InChI is InChI=1S/C12H17NO3/c1-15-10-4-8(3-9-6-13-7-9)5-11(16-2)12(10)14/h4-5,9,13-14H,3,6-7H2,1-2H3. The minimum absolute atomic E-state index is 0.0699. The van der Waals surface area contributed by atoms with Gasteiger partial charge in [-0.2, -0.15) is 0 Å². The molecule has 0 unspecified atom stereocenters. The molecular formula is C12H17NO3. The highest BCUT2D eigenvalue weighted by molar-refractivity contribution is 5.52. The van der Waals surface area contributed by atoms with Crippen LogP contribution in [0, 0.1) is 5.92 Å². The van der Waals surface area contributed by atoms with Gasteiger partial charge in [0.05, 0.1) is 14.2 Å². The second-order valence-corrected chi connectivity index (χ2v) is 4.08. The highest BCUT2D eigenvalue weighted by Gasteiger charge is 2.19. The fraction of sp³-hybridized carbons (Fsp3) is 0.500. The van der Waals surface area contributed by atoms with Gasteiger partial charge in [-0.15, -0.1) is 0 Å². The number of methoxy groups -OCH3 is 2. The maximum atomic E-state index is 9.76. The third-order valence-corrected chi connectivity index (χ3v) is 2.93. The van der Waals surface area contributed by atoms with Crippen molar-refractivity contribution >= 4 is 0 Å². The van der Waals surface area contributed by atoms with Gasteiger partial charge < -0.3 is 19.9 Å². The summed E-state index contributed by atoms with van der Waals surface area (Å²) in [6.45, 7) is 2.12. The molecule has 0 atom stereocenters.